The quantitative estimate of drug-likeness (QED) is 0.683. The van der Waals surface area contributed by atoms with Crippen molar-refractivity contribution in [3.63, 3.8) is 0 Å². The molecule has 0 atom stereocenters. The Morgan fingerprint density at radius 3 is 2.27 bits per heavy atom. The normalized spacial score (nSPS) is 10.1. The Morgan fingerprint density at radius 1 is 1.20 bits per heavy atom. The highest BCUT2D eigenvalue weighted by molar-refractivity contribution is 5.44. The van der Waals surface area contributed by atoms with E-state index in [1.165, 1.54) is 0 Å². The van der Waals surface area contributed by atoms with Crippen LogP contribution in [0.4, 0.5) is 0 Å². The van der Waals surface area contributed by atoms with Crippen LogP contribution in [0.25, 0.3) is 0 Å². The van der Waals surface area contributed by atoms with E-state index in [0.29, 0.717) is 13.1 Å². The van der Waals surface area contributed by atoms with E-state index in [-0.39, 0.29) is 6.61 Å². The van der Waals surface area contributed by atoms with Crippen LogP contribution in [0.15, 0.2) is 18.2 Å². The summed E-state index contributed by atoms with van der Waals surface area (Å²) in [6, 6.07) is 5.66. The van der Waals surface area contributed by atoms with Crippen LogP contribution in [0, 0.1) is 0 Å². The van der Waals surface area contributed by atoms with Gasteiger partial charge >= 0.3 is 0 Å². The SMILES string of the molecule is COc1cccc(OC)c1CNCCO. The van der Waals surface area contributed by atoms with E-state index >= 15 is 0 Å². The number of methoxy groups -OCH3 is 2. The Bertz CT molecular complexity index is 280. The first-order valence-electron chi connectivity index (χ1n) is 4.85. The second kappa shape index (κ2) is 6.27. The second-order valence-electron chi connectivity index (χ2n) is 3.04. The molecular formula is C11H17NO3. The number of nitrogens with one attached hydrogen (secondary N) is 1. The van der Waals surface area contributed by atoms with E-state index in [0.717, 1.165) is 17.1 Å². The molecule has 0 radical (unpaired) electrons. The third-order valence-electron chi connectivity index (χ3n) is 2.12. The van der Waals surface area contributed by atoms with Crippen LogP contribution < -0.4 is 14.8 Å². The minimum atomic E-state index is 0.122. The van der Waals surface area contributed by atoms with Gasteiger partial charge in [-0.3, -0.25) is 0 Å². The molecule has 0 aromatic heterocycles. The summed E-state index contributed by atoms with van der Waals surface area (Å²) in [5.74, 6) is 1.58. The smallest absolute Gasteiger partial charge is 0.127 e. The van der Waals surface area contributed by atoms with E-state index in [1.807, 2.05) is 18.2 Å². The predicted octanol–water partition coefficient (Wildman–Crippen LogP) is 0.786. The Morgan fingerprint density at radius 2 is 1.80 bits per heavy atom. The molecule has 1 aromatic carbocycles. The Hall–Kier alpha value is -1.26. The summed E-state index contributed by atoms with van der Waals surface area (Å²) >= 11 is 0. The lowest BCUT2D eigenvalue weighted by molar-refractivity contribution is 0.290. The lowest BCUT2D eigenvalue weighted by atomic mass is 10.1. The van der Waals surface area contributed by atoms with Crippen LogP contribution in [0.3, 0.4) is 0 Å². The highest BCUT2D eigenvalue weighted by Gasteiger charge is 2.08. The maximum atomic E-state index is 8.67. The van der Waals surface area contributed by atoms with Gasteiger partial charge in [-0.15, -0.1) is 0 Å². The maximum absolute atomic E-state index is 8.67. The molecule has 0 aliphatic heterocycles. The molecule has 0 saturated carbocycles. The lowest BCUT2D eigenvalue weighted by Crippen LogP contribution is -2.18. The summed E-state index contributed by atoms with van der Waals surface area (Å²) in [5, 5.41) is 11.8. The highest BCUT2D eigenvalue weighted by Crippen LogP contribution is 2.27. The minimum Gasteiger partial charge on any atom is -0.496 e. The van der Waals surface area contributed by atoms with Gasteiger partial charge in [-0.1, -0.05) is 6.07 Å². The fraction of sp³-hybridized carbons (Fsp3) is 0.455. The summed E-state index contributed by atoms with van der Waals surface area (Å²) in [7, 11) is 3.26. The highest BCUT2D eigenvalue weighted by atomic mass is 16.5. The van der Waals surface area contributed by atoms with Crippen molar-refractivity contribution in [2.75, 3.05) is 27.4 Å². The molecule has 0 heterocycles. The molecule has 0 aliphatic rings. The molecule has 0 amide bonds. The van der Waals surface area contributed by atoms with Gasteiger partial charge in [0.1, 0.15) is 11.5 Å². The van der Waals surface area contributed by atoms with Gasteiger partial charge in [0.05, 0.1) is 20.8 Å². The third kappa shape index (κ3) is 3.11. The zero-order valence-corrected chi connectivity index (χ0v) is 9.12. The molecule has 2 N–H and O–H groups in total. The van der Waals surface area contributed by atoms with Crippen molar-refractivity contribution >= 4 is 0 Å². The molecule has 1 rings (SSSR count). The summed E-state index contributed by atoms with van der Waals surface area (Å²) < 4.78 is 10.5. The van der Waals surface area contributed by atoms with Crippen LogP contribution in [0.2, 0.25) is 0 Å². The van der Waals surface area contributed by atoms with E-state index in [9.17, 15) is 0 Å². The topological polar surface area (TPSA) is 50.7 Å². The summed E-state index contributed by atoms with van der Waals surface area (Å²) in [4.78, 5) is 0. The summed E-state index contributed by atoms with van der Waals surface area (Å²) in [6.45, 7) is 1.30. The first-order chi connectivity index (χ1) is 7.33. The predicted molar refractivity (Wildman–Crippen MR) is 58.3 cm³/mol. The lowest BCUT2D eigenvalue weighted by Gasteiger charge is -2.13. The van der Waals surface area contributed by atoms with Crippen LogP contribution in [0.5, 0.6) is 11.5 Å². The third-order valence-corrected chi connectivity index (χ3v) is 2.12. The van der Waals surface area contributed by atoms with Gasteiger partial charge in [-0.25, -0.2) is 0 Å². The van der Waals surface area contributed by atoms with Crippen LogP contribution in [-0.2, 0) is 6.54 Å². The second-order valence-corrected chi connectivity index (χ2v) is 3.04. The van der Waals surface area contributed by atoms with Crippen molar-refractivity contribution in [1.29, 1.82) is 0 Å². The summed E-state index contributed by atoms with van der Waals surface area (Å²) in [6.07, 6.45) is 0. The number of ether oxygens (including phenoxy) is 2. The molecule has 0 bridgehead atoms. The van der Waals surface area contributed by atoms with E-state index < -0.39 is 0 Å². The van der Waals surface area contributed by atoms with Crippen LogP contribution in [-0.4, -0.2) is 32.5 Å². The number of aliphatic hydroxyl groups excluding tert-OH is 1. The summed E-state index contributed by atoms with van der Waals surface area (Å²) in [5.41, 5.74) is 0.968. The van der Waals surface area contributed by atoms with Gasteiger partial charge in [-0.05, 0) is 12.1 Å². The van der Waals surface area contributed by atoms with Crippen molar-refractivity contribution in [1.82, 2.24) is 5.32 Å². The Kier molecular flexibility index (Phi) is 4.93. The largest absolute Gasteiger partial charge is 0.496 e. The van der Waals surface area contributed by atoms with E-state index in [2.05, 4.69) is 5.32 Å². The minimum absolute atomic E-state index is 0.122. The van der Waals surface area contributed by atoms with Crippen LogP contribution >= 0.6 is 0 Å². The molecule has 0 fully saturated rings. The monoisotopic (exact) mass is 211 g/mol. The van der Waals surface area contributed by atoms with Gasteiger partial charge in [0, 0.05) is 18.7 Å². The molecule has 0 saturated heterocycles. The van der Waals surface area contributed by atoms with Gasteiger partial charge in [0.2, 0.25) is 0 Å². The van der Waals surface area contributed by atoms with E-state index in [4.69, 9.17) is 14.6 Å². The van der Waals surface area contributed by atoms with Gasteiger partial charge in [-0.2, -0.15) is 0 Å². The molecule has 15 heavy (non-hydrogen) atoms. The number of hydrogen-bond acceptors (Lipinski definition) is 4. The first kappa shape index (κ1) is 11.8. The van der Waals surface area contributed by atoms with Gasteiger partial charge in [0.25, 0.3) is 0 Å². The van der Waals surface area contributed by atoms with Crippen molar-refractivity contribution < 1.29 is 14.6 Å². The average Bonchev–Trinajstić information content (AvgIpc) is 2.29. The van der Waals surface area contributed by atoms with Crippen LogP contribution in [0.1, 0.15) is 5.56 Å². The van der Waals surface area contributed by atoms with Crippen molar-refractivity contribution in [2.45, 2.75) is 6.54 Å². The molecule has 0 aliphatic carbocycles. The number of rotatable bonds is 6. The molecule has 84 valence electrons. The maximum Gasteiger partial charge on any atom is 0.127 e. The molecule has 0 unspecified atom stereocenters. The van der Waals surface area contributed by atoms with Crippen molar-refractivity contribution in [3.05, 3.63) is 23.8 Å². The molecule has 0 spiro atoms. The van der Waals surface area contributed by atoms with Crippen molar-refractivity contribution in [3.8, 4) is 11.5 Å². The van der Waals surface area contributed by atoms with Gasteiger partial charge in [0.15, 0.2) is 0 Å². The average molecular weight is 211 g/mol. The zero-order chi connectivity index (χ0) is 11.1. The fourth-order valence-electron chi connectivity index (χ4n) is 1.39. The fourth-order valence-corrected chi connectivity index (χ4v) is 1.39. The standard InChI is InChI=1S/C11H17NO3/c1-14-10-4-3-5-11(15-2)9(10)8-12-6-7-13/h3-5,12-13H,6-8H2,1-2H3. The molecule has 1 aromatic rings. The first-order valence-corrected chi connectivity index (χ1v) is 4.85. The number of aliphatic hydroxyl groups is 1. The molecule has 4 heteroatoms. The van der Waals surface area contributed by atoms with E-state index in [1.54, 1.807) is 14.2 Å². The number of hydrogen-bond donors (Lipinski definition) is 2. The number of benzene rings is 1. The molecule has 4 nitrogen and oxygen atoms in total. The van der Waals surface area contributed by atoms with Gasteiger partial charge < -0.3 is 19.9 Å². The molecular weight excluding hydrogens is 194 g/mol. The van der Waals surface area contributed by atoms with Crippen molar-refractivity contribution in [2.24, 2.45) is 0 Å². The zero-order valence-electron chi connectivity index (χ0n) is 9.12. The Labute approximate surface area is 89.8 Å². The Balaban J connectivity index is 2.80.